The molecule has 37 heavy (non-hydrogen) atoms. The van der Waals surface area contributed by atoms with E-state index in [4.69, 9.17) is 26.0 Å². The van der Waals surface area contributed by atoms with Crippen molar-refractivity contribution in [3.05, 3.63) is 71.2 Å². The minimum atomic E-state index is -0.888. The van der Waals surface area contributed by atoms with E-state index in [-0.39, 0.29) is 11.5 Å². The number of ether oxygens (including phenoxy) is 2. The molecule has 0 aliphatic carbocycles. The topological polar surface area (TPSA) is 106 Å². The number of rotatable bonds is 6. The zero-order valence-corrected chi connectivity index (χ0v) is 21.1. The molecule has 4 heterocycles. The van der Waals surface area contributed by atoms with E-state index in [1.54, 1.807) is 45.6 Å². The van der Waals surface area contributed by atoms with Gasteiger partial charge in [-0.1, -0.05) is 12.1 Å². The van der Waals surface area contributed by atoms with Crippen molar-refractivity contribution < 1.29 is 23.2 Å². The van der Waals surface area contributed by atoms with Gasteiger partial charge in [-0.15, -0.1) is 0 Å². The maximum absolute atomic E-state index is 15.5. The second-order valence-corrected chi connectivity index (χ2v) is 9.42. The van der Waals surface area contributed by atoms with Crippen LogP contribution in [0.2, 0.25) is 0 Å². The van der Waals surface area contributed by atoms with Crippen molar-refractivity contribution in [2.45, 2.75) is 25.8 Å². The summed E-state index contributed by atoms with van der Waals surface area (Å²) >= 11 is 0. The summed E-state index contributed by atoms with van der Waals surface area (Å²) in [6, 6.07) is 7.63. The van der Waals surface area contributed by atoms with Crippen molar-refractivity contribution in [2.24, 2.45) is 17.5 Å². The lowest BCUT2D eigenvalue weighted by Gasteiger charge is -2.33. The minimum Gasteiger partial charge on any atom is -0.446 e. The van der Waals surface area contributed by atoms with Crippen LogP contribution in [0.5, 0.6) is 5.88 Å². The van der Waals surface area contributed by atoms with Crippen molar-refractivity contribution in [1.29, 1.82) is 0 Å². The van der Waals surface area contributed by atoms with E-state index in [1.165, 1.54) is 5.01 Å². The highest BCUT2D eigenvalue weighted by Gasteiger charge is 2.34. The van der Waals surface area contributed by atoms with Gasteiger partial charge in [0, 0.05) is 54.7 Å². The predicted molar refractivity (Wildman–Crippen MR) is 137 cm³/mol. The molecule has 10 heteroatoms. The number of hydrogen-bond acceptors (Lipinski definition) is 6. The highest BCUT2D eigenvalue weighted by molar-refractivity contribution is 6.07. The molecule has 3 aromatic heterocycles. The van der Waals surface area contributed by atoms with E-state index in [0.29, 0.717) is 59.9 Å². The fourth-order valence-corrected chi connectivity index (χ4v) is 5.53. The third kappa shape index (κ3) is 4.25. The Bertz CT molecular complexity index is 1490. The number of nitrogens with two attached hydrogens (primary N) is 2. The number of aromatic nitrogens is 3. The first-order valence-electron chi connectivity index (χ1n) is 12.2. The van der Waals surface area contributed by atoms with E-state index in [9.17, 15) is 4.39 Å². The number of hydrazine groups is 1. The van der Waals surface area contributed by atoms with Gasteiger partial charge in [0.05, 0.1) is 29.9 Å². The number of methoxy groups -OCH3 is 1. The highest BCUT2D eigenvalue weighted by Crippen LogP contribution is 2.43. The van der Waals surface area contributed by atoms with E-state index >= 15 is 4.39 Å². The molecule has 1 aliphatic rings. The Morgan fingerprint density at radius 2 is 2.03 bits per heavy atom. The smallest absolute Gasteiger partial charge is 0.391 e. The first kappa shape index (κ1) is 24.9. The summed E-state index contributed by atoms with van der Waals surface area (Å²) in [5.41, 5.74) is 10.4. The molecule has 0 saturated carbocycles. The van der Waals surface area contributed by atoms with Gasteiger partial charge in [0.25, 0.3) is 0 Å². The third-order valence-corrected chi connectivity index (χ3v) is 7.05. The quantitative estimate of drug-likeness (QED) is 0.303. The number of pyridine rings is 2. The zero-order chi connectivity index (χ0) is 26.3. The summed E-state index contributed by atoms with van der Waals surface area (Å²) in [5.74, 6) is 4.82. The molecule has 5 N–H and O–H groups in total. The van der Waals surface area contributed by atoms with Crippen LogP contribution >= 0.6 is 0 Å². The molecule has 1 aromatic carbocycles. The summed E-state index contributed by atoms with van der Waals surface area (Å²) in [6.45, 7) is 2.85. The van der Waals surface area contributed by atoms with E-state index in [2.05, 4.69) is 4.98 Å². The van der Waals surface area contributed by atoms with Gasteiger partial charge in [0.15, 0.2) is 23.3 Å². The van der Waals surface area contributed by atoms with Gasteiger partial charge in [-0.25, -0.2) is 14.6 Å². The average molecular weight is 510 g/mol. The van der Waals surface area contributed by atoms with Gasteiger partial charge in [-0.05, 0) is 37.8 Å². The molecule has 0 spiro atoms. The van der Waals surface area contributed by atoms with Crippen molar-refractivity contribution in [3.8, 4) is 5.88 Å². The van der Waals surface area contributed by atoms with Crippen molar-refractivity contribution in [2.75, 3.05) is 27.4 Å². The largest absolute Gasteiger partial charge is 0.446 e. The van der Waals surface area contributed by atoms with Gasteiger partial charge in [0.1, 0.15) is 0 Å². The van der Waals surface area contributed by atoms with Gasteiger partial charge in [-0.2, -0.15) is 4.98 Å². The van der Waals surface area contributed by atoms with E-state index < -0.39 is 17.7 Å². The van der Waals surface area contributed by atoms with Crippen LogP contribution in [0, 0.1) is 17.6 Å². The Kier molecular flexibility index (Phi) is 6.70. The maximum atomic E-state index is 15.5. The first-order chi connectivity index (χ1) is 17.8. The molecule has 4 aromatic rings. The van der Waals surface area contributed by atoms with E-state index in [1.807, 2.05) is 16.7 Å². The number of allylic oxidation sites excluding steroid dienone is 1. The Morgan fingerprint density at radius 1 is 1.27 bits per heavy atom. The third-order valence-electron chi connectivity index (χ3n) is 7.05. The minimum absolute atomic E-state index is 0.0270. The summed E-state index contributed by atoms with van der Waals surface area (Å²) in [5, 5.41) is 2.27. The van der Waals surface area contributed by atoms with Gasteiger partial charge in [-0.3, -0.25) is 4.98 Å². The molecular weight excluding hydrogens is 478 g/mol. The fourth-order valence-electron chi connectivity index (χ4n) is 5.53. The monoisotopic (exact) mass is 509 g/mol. The van der Waals surface area contributed by atoms with Crippen LogP contribution in [-0.4, -0.2) is 41.9 Å². The van der Waals surface area contributed by atoms with Crippen LogP contribution in [0.4, 0.5) is 8.78 Å². The predicted octanol–water partition coefficient (Wildman–Crippen LogP) is 3.76. The number of nitrogens with zero attached hydrogens (tertiary/aromatic N) is 3. The first-order valence-corrected chi connectivity index (χ1v) is 12.2. The van der Waals surface area contributed by atoms with Crippen molar-refractivity contribution >= 4 is 27.6 Å². The summed E-state index contributed by atoms with van der Waals surface area (Å²) in [7, 11) is 3.27. The average Bonchev–Trinajstić information content (AvgIpc) is 3.21. The molecule has 0 amide bonds. The van der Waals surface area contributed by atoms with Crippen LogP contribution in [0.25, 0.3) is 27.6 Å². The number of halogens is 2. The molecular formula is C27H31F2N6O2+. The molecule has 1 saturated heterocycles. The SMILES string of the molecule is COc1[nH+]ccc2c3ncc(C(=C(C)N)N(C)N)cc3n(C(c3cccc(F)c3F)C3CCOCC3)c12. The van der Waals surface area contributed by atoms with Crippen LogP contribution in [-0.2, 0) is 4.74 Å². The van der Waals surface area contributed by atoms with Gasteiger partial charge in [0.2, 0.25) is 0 Å². The highest BCUT2D eigenvalue weighted by atomic mass is 19.2. The van der Waals surface area contributed by atoms with E-state index in [0.717, 1.165) is 17.0 Å². The molecule has 8 nitrogen and oxygen atoms in total. The number of fused-ring (bicyclic) bond motifs is 3. The fraction of sp³-hybridized carbons (Fsp3) is 0.333. The number of benzene rings is 1. The van der Waals surface area contributed by atoms with Gasteiger partial charge < -0.3 is 24.8 Å². The molecule has 0 bridgehead atoms. The van der Waals surface area contributed by atoms with Crippen LogP contribution in [0.1, 0.15) is 36.9 Å². The molecule has 1 unspecified atom stereocenters. The Morgan fingerprint density at radius 3 is 2.70 bits per heavy atom. The van der Waals surface area contributed by atoms with Crippen LogP contribution < -0.4 is 21.3 Å². The second-order valence-electron chi connectivity index (χ2n) is 9.42. The summed E-state index contributed by atoms with van der Waals surface area (Å²) in [6.07, 6.45) is 4.87. The van der Waals surface area contributed by atoms with Crippen LogP contribution in [0.15, 0.2) is 48.4 Å². The standard InChI is InChI=1S/C27H30F2N6O2/c1-15(30)24(34(2)31)17-13-21-23(33-14-17)19-7-10-32-27(36-3)26(19)35(21)25(16-8-11-37-12-9-16)18-5-4-6-20(28)22(18)29/h4-7,10,13-14,16,25H,8-9,11-12,30-31H2,1-3H3/p+1. The molecule has 0 radical (unpaired) electrons. The Balaban J connectivity index is 1.91. The van der Waals surface area contributed by atoms with Crippen molar-refractivity contribution in [1.82, 2.24) is 14.6 Å². The number of aromatic amines is 1. The number of hydrogen-bond donors (Lipinski definition) is 2. The molecule has 1 fully saturated rings. The maximum Gasteiger partial charge on any atom is 0.391 e. The Labute approximate surface area is 213 Å². The molecule has 194 valence electrons. The summed E-state index contributed by atoms with van der Waals surface area (Å²) < 4.78 is 43.4. The lowest BCUT2D eigenvalue weighted by molar-refractivity contribution is -0.390. The van der Waals surface area contributed by atoms with Crippen molar-refractivity contribution in [3.63, 3.8) is 0 Å². The van der Waals surface area contributed by atoms with Gasteiger partial charge >= 0.3 is 5.88 Å². The lowest BCUT2D eigenvalue weighted by Crippen LogP contribution is -2.28. The molecule has 1 atom stereocenters. The zero-order valence-electron chi connectivity index (χ0n) is 21.1. The Hall–Kier alpha value is -3.76. The lowest BCUT2D eigenvalue weighted by atomic mass is 9.86. The van der Waals surface area contributed by atoms with Crippen LogP contribution in [0.3, 0.4) is 0 Å². The number of H-pyrrole nitrogens is 1. The summed E-state index contributed by atoms with van der Waals surface area (Å²) in [4.78, 5) is 7.95. The molecule has 5 rings (SSSR count). The normalized spacial score (nSPS) is 16.2. The second kappa shape index (κ2) is 9.95. The number of nitrogens with one attached hydrogen (secondary N) is 1. The molecule has 1 aliphatic heterocycles.